The second-order valence-corrected chi connectivity index (χ2v) is 5.95. The van der Waals surface area contributed by atoms with Crippen LogP contribution in [0.2, 0.25) is 0 Å². The molecule has 3 N–H and O–H groups in total. The summed E-state index contributed by atoms with van der Waals surface area (Å²) in [4.78, 5) is 11.0. The number of anilines is 2. The first-order chi connectivity index (χ1) is 9.72. The number of fused-ring (bicyclic) bond motifs is 2. The summed E-state index contributed by atoms with van der Waals surface area (Å²) in [6, 6.07) is 5.73. The molecule has 1 saturated heterocycles. The molecule has 20 heavy (non-hydrogen) atoms. The van der Waals surface area contributed by atoms with Crippen LogP contribution in [0.5, 0.6) is 0 Å². The standard InChI is InChI=1S/C15H18N4O/c16-10-2-3-13-11(5-10)15(18-8-17-13)19-6-9-1-4-14(20)12(9)7-19/h2-3,5,8-9,12,14,20H,1,4,6-7,16H2. The molecule has 2 aliphatic rings. The van der Waals surface area contributed by atoms with Gasteiger partial charge in [0, 0.05) is 30.1 Å². The number of nitrogens with zero attached hydrogens (tertiary/aromatic N) is 3. The van der Waals surface area contributed by atoms with Crippen molar-refractivity contribution < 1.29 is 5.11 Å². The van der Waals surface area contributed by atoms with Crippen LogP contribution in [0.25, 0.3) is 10.9 Å². The Balaban J connectivity index is 1.74. The molecule has 1 aromatic heterocycles. The molecule has 0 spiro atoms. The van der Waals surface area contributed by atoms with Gasteiger partial charge in [-0.25, -0.2) is 9.97 Å². The fourth-order valence-electron chi connectivity index (χ4n) is 3.72. The lowest BCUT2D eigenvalue weighted by Crippen LogP contribution is -2.25. The van der Waals surface area contributed by atoms with Gasteiger partial charge in [-0.3, -0.25) is 0 Å². The molecule has 0 amide bonds. The quantitative estimate of drug-likeness (QED) is 0.766. The summed E-state index contributed by atoms with van der Waals surface area (Å²) in [5, 5.41) is 11.0. The van der Waals surface area contributed by atoms with Crippen LogP contribution >= 0.6 is 0 Å². The molecule has 3 atom stereocenters. The summed E-state index contributed by atoms with van der Waals surface area (Å²) in [6.45, 7) is 1.86. The fraction of sp³-hybridized carbons (Fsp3) is 0.467. The second-order valence-electron chi connectivity index (χ2n) is 5.95. The van der Waals surface area contributed by atoms with Gasteiger partial charge >= 0.3 is 0 Å². The van der Waals surface area contributed by atoms with E-state index in [-0.39, 0.29) is 6.10 Å². The molecule has 1 aromatic carbocycles. The Hall–Kier alpha value is -1.88. The Labute approximate surface area is 117 Å². The highest BCUT2D eigenvalue weighted by Gasteiger charge is 2.42. The highest BCUT2D eigenvalue weighted by atomic mass is 16.3. The van der Waals surface area contributed by atoms with Gasteiger partial charge in [-0.05, 0) is 37.0 Å². The van der Waals surface area contributed by atoms with Crippen molar-refractivity contribution in [2.24, 2.45) is 11.8 Å². The molecule has 2 fully saturated rings. The van der Waals surface area contributed by atoms with Crippen LogP contribution < -0.4 is 10.6 Å². The first-order valence-corrected chi connectivity index (χ1v) is 7.15. The lowest BCUT2D eigenvalue weighted by atomic mass is 10.00. The maximum atomic E-state index is 10.0. The SMILES string of the molecule is Nc1ccc2ncnc(N3CC4CCC(O)C4C3)c2c1. The van der Waals surface area contributed by atoms with Crippen molar-refractivity contribution in [3.8, 4) is 0 Å². The minimum atomic E-state index is -0.150. The number of hydrogen-bond acceptors (Lipinski definition) is 5. The van der Waals surface area contributed by atoms with Gasteiger partial charge in [0.25, 0.3) is 0 Å². The number of aliphatic hydroxyl groups excluding tert-OH is 1. The van der Waals surface area contributed by atoms with Gasteiger partial charge in [-0.2, -0.15) is 0 Å². The van der Waals surface area contributed by atoms with Crippen LogP contribution in [0, 0.1) is 11.8 Å². The number of benzene rings is 1. The molecule has 2 heterocycles. The van der Waals surface area contributed by atoms with Crippen molar-refractivity contribution >= 4 is 22.4 Å². The molecule has 0 radical (unpaired) electrons. The van der Waals surface area contributed by atoms with Gasteiger partial charge in [-0.1, -0.05) is 0 Å². The van der Waals surface area contributed by atoms with Crippen molar-refractivity contribution in [2.75, 3.05) is 23.7 Å². The third kappa shape index (κ3) is 1.73. The largest absolute Gasteiger partial charge is 0.399 e. The Morgan fingerprint density at radius 3 is 2.95 bits per heavy atom. The number of hydrogen-bond donors (Lipinski definition) is 2. The molecule has 2 aromatic rings. The van der Waals surface area contributed by atoms with Gasteiger partial charge in [0.05, 0.1) is 11.6 Å². The van der Waals surface area contributed by atoms with Gasteiger partial charge in [0.1, 0.15) is 12.1 Å². The molecule has 5 nitrogen and oxygen atoms in total. The van der Waals surface area contributed by atoms with E-state index < -0.39 is 0 Å². The van der Waals surface area contributed by atoms with Gasteiger partial charge in [0.2, 0.25) is 0 Å². The second kappa shape index (κ2) is 4.31. The fourth-order valence-corrected chi connectivity index (χ4v) is 3.72. The van der Waals surface area contributed by atoms with Crippen LogP contribution in [-0.4, -0.2) is 34.3 Å². The zero-order chi connectivity index (χ0) is 13.7. The van der Waals surface area contributed by atoms with Crippen LogP contribution in [0.15, 0.2) is 24.5 Å². The maximum Gasteiger partial charge on any atom is 0.139 e. The lowest BCUT2D eigenvalue weighted by Gasteiger charge is -2.20. The number of aromatic nitrogens is 2. The summed E-state index contributed by atoms with van der Waals surface area (Å²) >= 11 is 0. The minimum Gasteiger partial charge on any atom is -0.399 e. The summed E-state index contributed by atoms with van der Waals surface area (Å²) in [5.41, 5.74) is 7.54. The number of nitrogens with two attached hydrogens (primary N) is 1. The minimum absolute atomic E-state index is 0.150. The van der Waals surface area contributed by atoms with Crippen molar-refractivity contribution in [3.63, 3.8) is 0 Å². The predicted molar refractivity (Wildman–Crippen MR) is 78.4 cm³/mol. The van der Waals surface area contributed by atoms with E-state index in [1.54, 1.807) is 6.33 Å². The Bertz CT molecular complexity index is 659. The summed E-state index contributed by atoms with van der Waals surface area (Å²) in [6.07, 6.45) is 3.52. The third-order valence-electron chi connectivity index (χ3n) is 4.76. The third-order valence-corrected chi connectivity index (χ3v) is 4.76. The maximum absolute atomic E-state index is 10.0. The predicted octanol–water partition coefficient (Wildman–Crippen LogP) is 1.42. The Morgan fingerprint density at radius 1 is 1.20 bits per heavy atom. The highest BCUT2D eigenvalue weighted by Crippen LogP contribution is 2.40. The summed E-state index contributed by atoms with van der Waals surface area (Å²) in [5.74, 6) is 1.93. The van der Waals surface area contributed by atoms with Gasteiger partial charge in [0.15, 0.2) is 0 Å². The monoisotopic (exact) mass is 270 g/mol. The molecule has 3 unspecified atom stereocenters. The van der Waals surface area contributed by atoms with Gasteiger partial charge in [-0.15, -0.1) is 0 Å². The smallest absolute Gasteiger partial charge is 0.139 e. The van der Waals surface area contributed by atoms with E-state index in [9.17, 15) is 5.11 Å². The molecule has 4 rings (SSSR count). The Kier molecular flexibility index (Phi) is 2.57. The first kappa shape index (κ1) is 11.9. The van der Waals surface area contributed by atoms with Crippen LogP contribution in [0.1, 0.15) is 12.8 Å². The molecule has 1 saturated carbocycles. The van der Waals surface area contributed by atoms with Crippen molar-refractivity contribution in [2.45, 2.75) is 18.9 Å². The molecular weight excluding hydrogens is 252 g/mol. The lowest BCUT2D eigenvalue weighted by molar-refractivity contribution is 0.133. The topological polar surface area (TPSA) is 75.3 Å². The van der Waals surface area contributed by atoms with E-state index in [2.05, 4.69) is 14.9 Å². The van der Waals surface area contributed by atoms with Crippen LogP contribution in [0.4, 0.5) is 11.5 Å². The molecule has 104 valence electrons. The normalized spacial score (nSPS) is 29.1. The number of rotatable bonds is 1. The van der Waals surface area contributed by atoms with Crippen molar-refractivity contribution in [1.82, 2.24) is 9.97 Å². The zero-order valence-corrected chi connectivity index (χ0v) is 11.2. The number of aliphatic hydroxyl groups is 1. The summed E-state index contributed by atoms with van der Waals surface area (Å²) in [7, 11) is 0. The van der Waals surface area contributed by atoms with Gasteiger partial charge < -0.3 is 15.7 Å². The number of nitrogen functional groups attached to an aromatic ring is 1. The Morgan fingerprint density at radius 2 is 2.10 bits per heavy atom. The van der Waals surface area contributed by atoms with E-state index in [1.807, 2.05) is 18.2 Å². The molecular formula is C15H18N4O. The zero-order valence-electron chi connectivity index (χ0n) is 11.2. The van der Waals surface area contributed by atoms with Crippen molar-refractivity contribution in [3.05, 3.63) is 24.5 Å². The van der Waals surface area contributed by atoms with Crippen LogP contribution in [0.3, 0.4) is 0 Å². The molecule has 1 aliphatic carbocycles. The van der Waals surface area contributed by atoms with E-state index >= 15 is 0 Å². The van der Waals surface area contributed by atoms with E-state index in [0.717, 1.165) is 48.3 Å². The summed E-state index contributed by atoms with van der Waals surface area (Å²) < 4.78 is 0. The first-order valence-electron chi connectivity index (χ1n) is 7.15. The van der Waals surface area contributed by atoms with Crippen LogP contribution in [-0.2, 0) is 0 Å². The van der Waals surface area contributed by atoms with E-state index in [1.165, 1.54) is 0 Å². The average molecular weight is 270 g/mol. The van der Waals surface area contributed by atoms with E-state index in [0.29, 0.717) is 11.8 Å². The molecule has 0 bridgehead atoms. The van der Waals surface area contributed by atoms with E-state index in [4.69, 9.17) is 5.73 Å². The molecule has 5 heteroatoms. The average Bonchev–Trinajstić information content (AvgIpc) is 3.01. The van der Waals surface area contributed by atoms with Crippen molar-refractivity contribution in [1.29, 1.82) is 0 Å². The molecule has 1 aliphatic heterocycles. The highest BCUT2D eigenvalue weighted by molar-refractivity contribution is 5.91.